The number of hydrogen-bond acceptors (Lipinski definition) is 8. The molecule has 2 aliphatic rings. The van der Waals surface area contributed by atoms with E-state index in [0.717, 1.165) is 44.5 Å². The predicted octanol–water partition coefficient (Wildman–Crippen LogP) is 3.81. The van der Waals surface area contributed by atoms with Crippen molar-refractivity contribution in [3.05, 3.63) is 65.7 Å². The van der Waals surface area contributed by atoms with Gasteiger partial charge in [0.25, 0.3) is 0 Å². The molecule has 0 unspecified atom stereocenters. The van der Waals surface area contributed by atoms with E-state index in [1.165, 1.54) is 23.0 Å². The predicted molar refractivity (Wildman–Crippen MR) is 162 cm³/mol. The molecular formula is C30H39N5O5S. The molecule has 0 amide bonds. The van der Waals surface area contributed by atoms with Gasteiger partial charge in [0.2, 0.25) is 10.0 Å². The molecule has 1 fully saturated rings. The van der Waals surface area contributed by atoms with Crippen LogP contribution in [0.25, 0.3) is 6.08 Å². The van der Waals surface area contributed by atoms with Crippen molar-refractivity contribution in [3.8, 4) is 5.75 Å². The Labute approximate surface area is 242 Å². The number of nitrogens with one attached hydrogen (secondary N) is 1. The molecular weight excluding hydrogens is 542 g/mol. The average Bonchev–Trinajstić information content (AvgIpc) is 2.97. The summed E-state index contributed by atoms with van der Waals surface area (Å²) in [6.45, 7) is 4.49. The average molecular weight is 582 g/mol. The minimum atomic E-state index is -4.03. The third kappa shape index (κ3) is 8.56. The van der Waals surface area contributed by atoms with Crippen LogP contribution in [0, 0.1) is 5.41 Å². The van der Waals surface area contributed by atoms with Crippen LogP contribution in [0.1, 0.15) is 50.2 Å². The molecule has 220 valence electrons. The Balaban J connectivity index is 1.44. The van der Waals surface area contributed by atoms with E-state index >= 15 is 0 Å². The fraction of sp³-hybridized carbons (Fsp3) is 0.433. The molecule has 4 rings (SSSR count). The van der Waals surface area contributed by atoms with Gasteiger partial charge in [-0.05, 0) is 55.7 Å². The summed E-state index contributed by atoms with van der Waals surface area (Å²) in [5, 5.41) is 7.63. The first-order valence-electron chi connectivity index (χ1n) is 14.1. The fourth-order valence-corrected chi connectivity index (χ4v) is 6.25. The van der Waals surface area contributed by atoms with E-state index in [9.17, 15) is 13.2 Å². The zero-order valence-corrected chi connectivity index (χ0v) is 24.3. The Kier molecular flexibility index (Phi) is 10.4. The van der Waals surface area contributed by atoms with Gasteiger partial charge in [0, 0.05) is 44.5 Å². The molecule has 3 N–H and O–H groups in total. The summed E-state index contributed by atoms with van der Waals surface area (Å²) in [7, 11) is -4.03. The second-order valence-electron chi connectivity index (χ2n) is 10.1. The van der Waals surface area contributed by atoms with Crippen molar-refractivity contribution in [2.24, 2.45) is 10.7 Å². The van der Waals surface area contributed by atoms with E-state index in [1.807, 2.05) is 6.07 Å². The van der Waals surface area contributed by atoms with E-state index in [2.05, 4.69) is 9.89 Å². The lowest BCUT2D eigenvalue weighted by atomic mass is 10.1. The summed E-state index contributed by atoms with van der Waals surface area (Å²) >= 11 is 0. The summed E-state index contributed by atoms with van der Waals surface area (Å²) in [4.78, 5) is 19.1. The summed E-state index contributed by atoms with van der Waals surface area (Å²) in [5.41, 5.74) is 7.34. The Morgan fingerprint density at radius 3 is 2.59 bits per heavy atom. The highest BCUT2D eigenvalue weighted by atomic mass is 32.2. The van der Waals surface area contributed by atoms with Gasteiger partial charge in [0.15, 0.2) is 5.75 Å². The van der Waals surface area contributed by atoms with Crippen molar-refractivity contribution in [1.82, 2.24) is 4.90 Å². The molecule has 2 aliphatic heterocycles. The number of piperidine rings is 1. The Hall–Kier alpha value is -3.86. The van der Waals surface area contributed by atoms with Gasteiger partial charge >= 0.3 is 5.97 Å². The minimum absolute atomic E-state index is 0.00537. The van der Waals surface area contributed by atoms with Crippen molar-refractivity contribution in [3.63, 3.8) is 0 Å². The van der Waals surface area contributed by atoms with Crippen LogP contribution in [-0.2, 0) is 19.6 Å². The topological polar surface area (TPSA) is 138 Å². The first-order chi connectivity index (χ1) is 19.7. The summed E-state index contributed by atoms with van der Waals surface area (Å²) < 4.78 is 38.8. The first-order valence-corrected chi connectivity index (χ1v) is 15.7. The second-order valence-corrected chi connectivity index (χ2v) is 12.0. The van der Waals surface area contributed by atoms with Crippen LogP contribution in [0.4, 0.5) is 5.69 Å². The summed E-state index contributed by atoms with van der Waals surface area (Å²) in [5.74, 6) is 0.271. The van der Waals surface area contributed by atoms with Gasteiger partial charge in [-0.2, -0.15) is 0 Å². The molecule has 0 saturated carbocycles. The van der Waals surface area contributed by atoms with Gasteiger partial charge < -0.3 is 20.1 Å². The zero-order chi connectivity index (χ0) is 29.2. The van der Waals surface area contributed by atoms with Gasteiger partial charge in [-0.15, -0.1) is 0 Å². The Bertz CT molecular complexity index is 1370. The number of ether oxygens (including phenoxy) is 2. The molecule has 41 heavy (non-hydrogen) atoms. The van der Waals surface area contributed by atoms with Crippen LogP contribution in [-0.4, -0.2) is 75.6 Å². The van der Waals surface area contributed by atoms with E-state index in [1.54, 1.807) is 61.5 Å². The lowest BCUT2D eigenvalue weighted by Gasteiger charge is -2.35. The SMILES string of the molecule is CCOC(=O)CS(=O)(=O)N(CC=Cc1cccc(C(=N)N)c1)c1ccc(OC2CCN(C3=NCCCC3)CC2)cc1. The summed E-state index contributed by atoms with van der Waals surface area (Å²) in [6, 6.07) is 14.0. The first kappa shape index (κ1) is 30.1. The molecule has 2 aromatic rings. The molecule has 1 saturated heterocycles. The summed E-state index contributed by atoms with van der Waals surface area (Å²) in [6.07, 6.45) is 8.76. The molecule has 0 bridgehead atoms. The maximum atomic E-state index is 13.3. The highest BCUT2D eigenvalue weighted by Gasteiger charge is 2.27. The maximum Gasteiger partial charge on any atom is 0.323 e. The number of anilines is 1. The van der Waals surface area contributed by atoms with Crippen LogP contribution in [0.3, 0.4) is 0 Å². The van der Waals surface area contributed by atoms with E-state index in [0.29, 0.717) is 17.0 Å². The molecule has 0 aromatic heterocycles. The highest BCUT2D eigenvalue weighted by Crippen LogP contribution is 2.26. The monoisotopic (exact) mass is 581 g/mol. The number of carbonyl (C=O) groups excluding carboxylic acids is 1. The largest absolute Gasteiger partial charge is 0.490 e. The van der Waals surface area contributed by atoms with Crippen molar-refractivity contribution >= 4 is 39.4 Å². The number of sulfonamides is 1. The normalized spacial score (nSPS) is 16.3. The minimum Gasteiger partial charge on any atom is -0.490 e. The number of likely N-dealkylation sites (tertiary alicyclic amines) is 1. The third-order valence-corrected chi connectivity index (χ3v) is 8.69. The van der Waals surface area contributed by atoms with Crippen LogP contribution in [0.5, 0.6) is 5.75 Å². The smallest absolute Gasteiger partial charge is 0.323 e. The number of benzene rings is 2. The maximum absolute atomic E-state index is 13.3. The van der Waals surface area contributed by atoms with Crippen LogP contribution < -0.4 is 14.8 Å². The number of nitrogens with zero attached hydrogens (tertiary/aromatic N) is 3. The molecule has 11 heteroatoms. The van der Waals surface area contributed by atoms with Crippen molar-refractivity contribution in [2.45, 2.75) is 45.1 Å². The number of carbonyl (C=O) groups is 1. The lowest BCUT2D eigenvalue weighted by Crippen LogP contribution is -2.42. The second kappa shape index (κ2) is 14.2. The van der Waals surface area contributed by atoms with Crippen molar-refractivity contribution < 1.29 is 22.7 Å². The zero-order valence-electron chi connectivity index (χ0n) is 23.5. The molecule has 0 spiro atoms. The fourth-order valence-electron chi connectivity index (χ4n) is 4.96. The van der Waals surface area contributed by atoms with E-state index in [4.69, 9.17) is 20.6 Å². The quantitative estimate of drug-likeness (QED) is 0.234. The van der Waals surface area contributed by atoms with Crippen LogP contribution in [0.2, 0.25) is 0 Å². The van der Waals surface area contributed by atoms with Gasteiger partial charge in [-0.25, -0.2) is 8.42 Å². The highest BCUT2D eigenvalue weighted by molar-refractivity contribution is 7.93. The molecule has 2 aromatic carbocycles. The number of rotatable bonds is 11. The number of hydrogen-bond donors (Lipinski definition) is 2. The number of nitrogens with two attached hydrogens (primary N) is 1. The van der Waals surface area contributed by atoms with Crippen molar-refractivity contribution in [2.75, 3.05) is 42.8 Å². The van der Waals surface area contributed by atoms with Crippen molar-refractivity contribution in [1.29, 1.82) is 5.41 Å². The van der Waals surface area contributed by atoms with Gasteiger partial charge in [0.1, 0.15) is 17.7 Å². The number of amidine groups is 2. The van der Waals surface area contributed by atoms with E-state index < -0.39 is 21.7 Å². The van der Waals surface area contributed by atoms with E-state index in [-0.39, 0.29) is 25.1 Å². The lowest BCUT2D eigenvalue weighted by molar-refractivity contribution is -0.139. The van der Waals surface area contributed by atoms with Crippen LogP contribution in [0.15, 0.2) is 59.6 Å². The Morgan fingerprint density at radius 1 is 1.17 bits per heavy atom. The molecule has 2 heterocycles. The number of nitrogen functional groups attached to an aromatic ring is 1. The molecule has 10 nitrogen and oxygen atoms in total. The van der Waals surface area contributed by atoms with Gasteiger partial charge in [0.05, 0.1) is 24.7 Å². The molecule has 0 aliphatic carbocycles. The number of esters is 1. The standard InChI is InChI=1S/C30H39N5O5S/c1-2-39-29(36)22-41(37,38)35(18-6-8-23-7-5-9-24(21-23)30(31)32)25-11-13-26(14-12-25)40-27-15-19-34(20-16-27)28-10-3-4-17-33-28/h5-9,11-14,21,27H,2-4,10,15-20,22H2,1H3,(H3,31,32). The number of aliphatic imine (C=N–C) groups is 1. The van der Waals surface area contributed by atoms with Gasteiger partial charge in [-0.3, -0.25) is 19.5 Å². The van der Waals surface area contributed by atoms with Crippen LogP contribution >= 0.6 is 0 Å². The third-order valence-electron chi connectivity index (χ3n) is 7.06. The molecule has 0 radical (unpaired) electrons. The molecule has 0 atom stereocenters. The van der Waals surface area contributed by atoms with Gasteiger partial charge in [-0.1, -0.05) is 30.4 Å². The Morgan fingerprint density at radius 2 is 1.93 bits per heavy atom.